The number of anilines is 1. The molecule has 6 nitrogen and oxygen atoms in total. The van der Waals surface area contributed by atoms with Gasteiger partial charge < -0.3 is 19.6 Å². The highest BCUT2D eigenvalue weighted by Gasteiger charge is 2.49. The molecule has 0 radical (unpaired) electrons. The van der Waals surface area contributed by atoms with Gasteiger partial charge in [0, 0.05) is 31.4 Å². The standard InChI is InChI=1S/C27H32N2O4/c1-17(2)33-22-11-7-8-19(16-22)25(30)23-24(18-12-14-20(15-13-18)28(3)4)29(27(32)26(23)31)21-9-5-6-10-21/h7-8,11-17,21,24,30H,5-6,9-10H2,1-4H3/b25-23-. The smallest absolute Gasteiger partial charge is 0.295 e. The number of ether oxygens (including phenoxy) is 1. The van der Waals surface area contributed by atoms with E-state index in [9.17, 15) is 14.7 Å². The Morgan fingerprint density at radius 3 is 2.33 bits per heavy atom. The number of carbonyl (C=O) groups is 2. The zero-order chi connectivity index (χ0) is 23.7. The van der Waals surface area contributed by atoms with Gasteiger partial charge in [0.25, 0.3) is 11.7 Å². The first-order chi connectivity index (χ1) is 15.8. The quantitative estimate of drug-likeness (QED) is 0.387. The number of ketones is 1. The molecule has 1 unspecified atom stereocenters. The fraction of sp³-hybridized carbons (Fsp3) is 0.407. The van der Waals surface area contributed by atoms with Gasteiger partial charge in [0.1, 0.15) is 11.5 Å². The third-order valence-corrected chi connectivity index (χ3v) is 6.40. The summed E-state index contributed by atoms with van der Waals surface area (Å²) in [7, 11) is 3.93. The highest BCUT2D eigenvalue weighted by molar-refractivity contribution is 6.46. The number of nitrogens with zero attached hydrogens (tertiary/aromatic N) is 2. The Balaban J connectivity index is 1.83. The summed E-state index contributed by atoms with van der Waals surface area (Å²) >= 11 is 0. The van der Waals surface area contributed by atoms with Gasteiger partial charge in [-0.15, -0.1) is 0 Å². The SMILES string of the molecule is CC(C)Oc1cccc(/C(O)=C2/C(=O)C(=O)N(C3CCCC3)C2c2ccc(N(C)C)cc2)c1. The number of rotatable bonds is 6. The van der Waals surface area contributed by atoms with Crippen molar-refractivity contribution in [1.82, 2.24) is 4.90 Å². The molecule has 0 spiro atoms. The third kappa shape index (κ3) is 4.47. The summed E-state index contributed by atoms with van der Waals surface area (Å²) < 4.78 is 5.76. The maximum Gasteiger partial charge on any atom is 0.295 e. The molecule has 1 N–H and O–H groups in total. The van der Waals surface area contributed by atoms with E-state index < -0.39 is 17.7 Å². The number of hydrogen-bond acceptors (Lipinski definition) is 5. The second-order valence-corrected chi connectivity index (χ2v) is 9.33. The first-order valence-corrected chi connectivity index (χ1v) is 11.6. The van der Waals surface area contributed by atoms with Crippen LogP contribution in [-0.4, -0.2) is 47.9 Å². The van der Waals surface area contributed by atoms with E-state index in [1.807, 2.05) is 63.2 Å². The predicted octanol–water partition coefficient (Wildman–Crippen LogP) is 4.90. The summed E-state index contributed by atoms with van der Waals surface area (Å²) in [4.78, 5) is 30.2. The van der Waals surface area contributed by atoms with E-state index in [0.29, 0.717) is 11.3 Å². The van der Waals surface area contributed by atoms with Crippen LogP contribution in [0.3, 0.4) is 0 Å². The molecule has 1 aliphatic carbocycles. The Labute approximate surface area is 195 Å². The minimum atomic E-state index is -0.628. The van der Waals surface area contributed by atoms with Crippen LogP contribution in [0.25, 0.3) is 5.76 Å². The fourth-order valence-corrected chi connectivity index (χ4v) is 4.84. The second kappa shape index (κ2) is 9.30. The molecule has 1 saturated carbocycles. The van der Waals surface area contributed by atoms with Crippen LogP contribution in [0, 0.1) is 0 Å². The van der Waals surface area contributed by atoms with Crippen molar-refractivity contribution in [2.45, 2.75) is 57.7 Å². The molecule has 0 aromatic heterocycles. The predicted molar refractivity (Wildman–Crippen MR) is 129 cm³/mol. The van der Waals surface area contributed by atoms with Crippen molar-refractivity contribution in [2.24, 2.45) is 0 Å². The first kappa shape index (κ1) is 22.9. The van der Waals surface area contributed by atoms with Gasteiger partial charge in [0.2, 0.25) is 0 Å². The number of carbonyl (C=O) groups excluding carboxylic acids is 2. The van der Waals surface area contributed by atoms with Crippen LogP contribution in [0.4, 0.5) is 5.69 Å². The normalized spacial score (nSPS) is 20.6. The van der Waals surface area contributed by atoms with E-state index >= 15 is 0 Å². The second-order valence-electron chi connectivity index (χ2n) is 9.33. The molecule has 1 amide bonds. The van der Waals surface area contributed by atoms with Crippen LogP contribution < -0.4 is 9.64 Å². The monoisotopic (exact) mass is 448 g/mol. The van der Waals surface area contributed by atoms with Crippen LogP contribution in [0.15, 0.2) is 54.1 Å². The van der Waals surface area contributed by atoms with Gasteiger partial charge in [-0.05, 0) is 56.5 Å². The number of benzene rings is 2. The lowest BCUT2D eigenvalue weighted by molar-refractivity contribution is -0.141. The van der Waals surface area contributed by atoms with Gasteiger partial charge in [0.05, 0.1) is 17.7 Å². The highest BCUT2D eigenvalue weighted by atomic mass is 16.5. The van der Waals surface area contributed by atoms with Crippen LogP contribution in [-0.2, 0) is 9.59 Å². The zero-order valence-corrected chi connectivity index (χ0v) is 19.7. The maximum absolute atomic E-state index is 13.3. The molecular formula is C27H32N2O4. The van der Waals surface area contributed by atoms with E-state index in [2.05, 4.69) is 0 Å². The summed E-state index contributed by atoms with van der Waals surface area (Å²) in [5, 5.41) is 11.3. The Bertz CT molecular complexity index is 1070. The molecule has 174 valence electrons. The van der Waals surface area contributed by atoms with E-state index in [1.165, 1.54) is 0 Å². The van der Waals surface area contributed by atoms with Gasteiger partial charge in [-0.3, -0.25) is 9.59 Å². The van der Waals surface area contributed by atoms with Crippen LogP contribution in [0.2, 0.25) is 0 Å². The molecule has 1 aliphatic heterocycles. The van der Waals surface area contributed by atoms with Crippen molar-refractivity contribution in [3.05, 3.63) is 65.2 Å². The number of Topliss-reactive ketones (excluding diaryl/α,β-unsaturated/α-hetero) is 1. The molecule has 33 heavy (non-hydrogen) atoms. The lowest BCUT2D eigenvalue weighted by Gasteiger charge is -2.31. The zero-order valence-electron chi connectivity index (χ0n) is 19.7. The van der Waals surface area contributed by atoms with Gasteiger partial charge >= 0.3 is 0 Å². The number of likely N-dealkylation sites (tertiary alicyclic amines) is 1. The van der Waals surface area contributed by atoms with Crippen LogP contribution >= 0.6 is 0 Å². The number of aliphatic hydroxyl groups excluding tert-OH is 1. The summed E-state index contributed by atoms with van der Waals surface area (Å²) in [6.45, 7) is 3.86. The van der Waals surface area contributed by atoms with E-state index in [1.54, 1.807) is 23.1 Å². The Morgan fingerprint density at radius 2 is 1.73 bits per heavy atom. The lowest BCUT2D eigenvalue weighted by Crippen LogP contribution is -2.37. The molecule has 1 atom stereocenters. The number of aliphatic hydroxyl groups is 1. The molecule has 2 aromatic carbocycles. The third-order valence-electron chi connectivity index (χ3n) is 6.40. The summed E-state index contributed by atoms with van der Waals surface area (Å²) in [5.41, 5.74) is 2.46. The number of amides is 1. The minimum Gasteiger partial charge on any atom is -0.507 e. The Kier molecular flexibility index (Phi) is 6.45. The maximum atomic E-state index is 13.3. The average Bonchev–Trinajstić information content (AvgIpc) is 3.40. The van der Waals surface area contributed by atoms with E-state index in [4.69, 9.17) is 4.74 Å². The molecule has 4 rings (SSSR count). The largest absolute Gasteiger partial charge is 0.507 e. The molecule has 1 heterocycles. The Hall–Kier alpha value is -3.28. The van der Waals surface area contributed by atoms with Crippen LogP contribution in [0.1, 0.15) is 56.7 Å². The van der Waals surface area contributed by atoms with Gasteiger partial charge in [-0.1, -0.05) is 37.1 Å². The van der Waals surface area contributed by atoms with E-state index in [0.717, 1.165) is 36.9 Å². The van der Waals surface area contributed by atoms with Crippen molar-refractivity contribution in [3.63, 3.8) is 0 Å². The average molecular weight is 449 g/mol. The summed E-state index contributed by atoms with van der Waals surface area (Å²) in [6.07, 6.45) is 3.79. The molecule has 6 heteroatoms. The number of hydrogen-bond donors (Lipinski definition) is 1. The van der Waals surface area contributed by atoms with Gasteiger partial charge in [-0.25, -0.2) is 0 Å². The first-order valence-electron chi connectivity index (χ1n) is 11.6. The van der Waals surface area contributed by atoms with Gasteiger partial charge in [0.15, 0.2) is 0 Å². The molecule has 2 aromatic rings. The molecule has 0 bridgehead atoms. The lowest BCUT2D eigenvalue weighted by atomic mass is 9.94. The topological polar surface area (TPSA) is 70.1 Å². The Morgan fingerprint density at radius 1 is 1.06 bits per heavy atom. The van der Waals surface area contributed by atoms with Crippen molar-refractivity contribution < 1.29 is 19.4 Å². The fourth-order valence-electron chi connectivity index (χ4n) is 4.84. The molecule has 2 aliphatic rings. The minimum absolute atomic E-state index is 0.000818. The summed E-state index contributed by atoms with van der Waals surface area (Å²) in [6, 6.07) is 14.3. The molecule has 1 saturated heterocycles. The van der Waals surface area contributed by atoms with Crippen molar-refractivity contribution in [2.75, 3.05) is 19.0 Å². The van der Waals surface area contributed by atoms with E-state index in [-0.39, 0.29) is 23.5 Å². The molecular weight excluding hydrogens is 416 g/mol. The van der Waals surface area contributed by atoms with Gasteiger partial charge in [-0.2, -0.15) is 0 Å². The molecule has 2 fully saturated rings. The van der Waals surface area contributed by atoms with Crippen molar-refractivity contribution >= 4 is 23.1 Å². The van der Waals surface area contributed by atoms with Crippen molar-refractivity contribution in [1.29, 1.82) is 0 Å². The van der Waals surface area contributed by atoms with Crippen molar-refractivity contribution in [3.8, 4) is 5.75 Å². The highest BCUT2D eigenvalue weighted by Crippen LogP contribution is 2.43. The summed E-state index contributed by atoms with van der Waals surface area (Å²) in [5.74, 6) is -0.716. The van der Waals surface area contributed by atoms with Crippen LogP contribution in [0.5, 0.6) is 5.75 Å².